The van der Waals surface area contributed by atoms with Crippen molar-refractivity contribution in [1.29, 1.82) is 0 Å². The van der Waals surface area contributed by atoms with E-state index in [1.807, 2.05) is 6.92 Å². The minimum absolute atomic E-state index is 0.225. The maximum absolute atomic E-state index is 13.4. The molecular formula is C9H10BrFN6. The highest BCUT2D eigenvalue weighted by molar-refractivity contribution is 9.10. The molecule has 1 aromatic carbocycles. The molecule has 2 aromatic rings. The average Bonchev–Trinajstić information content (AvgIpc) is 2.79. The van der Waals surface area contributed by atoms with Gasteiger partial charge in [0.1, 0.15) is 5.82 Å². The molecule has 0 radical (unpaired) electrons. The molecule has 90 valence electrons. The molecular weight excluding hydrogens is 291 g/mol. The molecule has 0 aliphatic rings. The van der Waals surface area contributed by atoms with Crippen LogP contribution in [0.5, 0.6) is 0 Å². The summed E-state index contributed by atoms with van der Waals surface area (Å²) in [6.07, 6.45) is 0. The number of H-pyrrole nitrogens is 1. The van der Waals surface area contributed by atoms with Crippen molar-refractivity contribution >= 4 is 27.3 Å². The Bertz CT molecular complexity index is 514. The minimum atomic E-state index is -0.387. The topological polar surface area (TPSA) is 92.5 Å². The molecule has 0 fully saturated rings. The fraction of sp³-hybridized carbons (Fsp3) is 0.222. The molecule has 0 saturated carbocycles. The van der Waals surface area contributed by atoms with Crippen molar-refractivity contribution in [3.63, 3.8) is 0 Å². The monoisotopic (exact) mass is 300 g/mol. The number of halogens is 2. The molecule has 6 nitrogen and oxygen atoms in total. The zero-order valence-electron chi connectivity index (χ0n) is 8.91. The van der Waals surface area contributed by atoms with Crippen LogP contribution in [0.3, 0.4) is 0 Å². The highest BCUT2D eigenvalue weighted by atomic mass is 79.9. The lowest BCUT2D eigenvalue weighted by atomic mass is 10.2. The van der Waals surface area contributed by atoms with Crippen LogP contribution in [0.2, 0.25) is 0 Å². The Morgan fingerprint density at radius 3 is 2.94 bits per heavy atom. The molecule has 0 bridgehead atoms. The average molecular weight is 301 g/mol. The number of anilines is 2. The first kappa shape index (κ1) is 11.8. The Kier molecular flexibility index (Phi) is 3.23. The first-order valence-corrected chi connectivity index (χ1v) is 5.61. The second-order valence-electron chi connectivity index (χ2n) is 3.49. The van der Waals surface area contributed by atoms with E-state index in [1.54, 1.807) is 0 Å². The summed E-state index contributed by atoms with van der Waals surface area (Å²) in [6, 6.07) is 2.59. The Hall–Kier alpha value is -1.70. The van der Waals surface area contributed by atoms with E-state index >= 15 is 0 Å². The fourth-order valence-electron chi connectivity index (χ4n) is 1.34. The summed E-state index contributed by atoms with van der Waals surface area (Å²) in [5.74, 6) is 0.0924. The molecule has 4 N–H and O–H groups in total. The van der Waals surface area contributed by atoms with Crippen molar-refractivity contribution < 1.29 is 4.39 Å². The number of nitrogens with one attached hydrogen (secondary N) is 2. The number of aromatic amines is 1. The summed E-state index contributed by atoms with van der Waals surface area (Å²) in [4.78, 5) is 0. The van der Waals surface area contributed by atoms with E-state index in [4.69, 9.17) is 5.73 Å². The molecule has 0 aliphatic carbocycles. The molecule has 0 saturated heterocycles. The number of nitrogens with two attached hydrogens (primary N) is 1. The van der Waals surface area contributed by atoms with Crippen molar-refractivity contribution in [3.05, 3.63) is 28.2 Å². The minimum Gasteiger partial charge on any atom is -0.397 e. The fourth-order valence-corrected chi connectivity index (χ4v) is 1.70. The van der Waals surface area contributed by atoms with Crippen LogP contribution in [-0.2, 0) is 0 Å². The van der Waals surface area contributed by atoms with Gasteiger partial charge in [0.15, 0.2) is 5.82 Å². The Morgan fingerprint density at radius 2 is 2.29 bits per heavy atom. The second kappa shape index (κ2) is 4.66. The van der Waals surface area contributed by atoms with Gasteiger partial charge in [0, 0.05) is 6.07 Å². The van der Waals surface area contributed by atoms with E-state index in [1.165, 1.54) is 12.1 Å². The lowest BCUT2D eigenvalue weighted by Crippen LogP contribution is -2.10. The van der Waals surface area contributed by atoms with E-state index in [2.05, 4.69) is 41.9 Å². The predicted octanol–water partition coefficient (Wildman–Crippen LogP) is 1.86. The molecule has 0 spiro atoms. The summed E-state index contributed by atoms with van der Waals surface area (Å²) >= 11 is 3.06. The lowest BCUT2D eigenvalue weighted by Gasteiger charge is -2.14. The van der Waals surface area contributed by atoms with Crippen molar-refractivity contribution in [2.24, 2.45) is 0 Å². The van der Waals surface area contributed by atoms with Crippen molar-refractivity contribution in [2.45, 2.75) is 13.0 Å². The van der Waals surface area contributed by atoms with Gasteiger partial charge >= 0.3 is 0 Å². The zero-order valence-corrected chi connectivity index (χ0v) is 10.5. The van der Waals surface area contributed by atoms with Crippen LogP contribution in [-0.4, -0.2) is 20.6 Å². The van der Waals surface area contributed by atoms with Crippen LogP contribution in [0.25, 0.3) is 0 Å². The van der Waals surface area contributed by atoms with Crippen LogP contribution in [0.4, 0.5) is 15.8 Å². The predicted molar refractivity (Wildman–Crippen MR) is 64.7 cm³/mol. The summed E-state index contributed by atoms with van der Waals surface area (Å²) in [6.45, 7) is 1.82. The number of hydrogen-bond acceptors (Lipinski definition) is 5. The van der Waals surface area contributed by atoms with Gasteiger partial charge < -0.3 is 11.1 Å². The van der Waals surface area contributed by atoms with Gasteiger partial charge in [-0.3, -0.25) is 0 Å². The summed E-state index contributed by atoms with van der Waals surface area (Å²) in [5, 5.41) is 16.5. The molecule has 0 amide bonds. The number of hydrogen-bond donors (Lipinski definition) is 3. The van der Waals surface area contributed by atoms with E-state index in [0.717, 1.165) is 0 Å². The number of nitrogens with zero attached hydrogens (tertiary/aromatic N) is 3. The van der Waals surface area contributed by atoms with Gasteiger partial charge in [-0.1, -0.05) is 5.21 Å². The summed E-state index contributed by atoms with van der Waals surface area (Å²) in [5.41, 5.74) is 6.70. The van der Waals surface area contributed by atoms with Gasteiger partial charge in [0.2, 0.25) is 0 Å². The molecule has 1 aromatic heterocycles. The molecule has 0 aliphatic heterocycles. The van der Waals surface area contributed by atoms with Crippen LogP contribution in [0.1, 0.15) is 18.8 Å². The standard InChI is InChI=1S/C9H10BrFN6/c1-4(9-14-16-17-15-9)13-8-3-6(11)5(10)2-7(8)12/h2-4,13H,12H2,1H3,(H,14,15,16,17). The van der Waals surface area contributed by atoms with Crippen LogP contribution < -0.4 is 11.1 Å². The quantitative estimate of drug-likeness (QED) is 0.752. The van der Waals surface area contributed by atoms with Crippen LogP contribution in [0, 0.1) is 5.82 Å². The normalized spacial score (nSPS) is 12.4. The van der Waals surface area contributed by atoms with Crippen molar-refractivity contribution in [1.82, 2.24) is 20.6 Å². The number of rotatable bonds is 3. The van der Waals surface area contributed by atoms with Crippen LogP contribution in [0.15, 0.2) is 16.6 Å². The molecule has 1 unspecified atom stereocenters. The molecule has 1 atom stereocenters. The van der Waals surface area contributed by atoms with Crippen molar-refractivity contribution in [2.75, 3.05) is 11.1 Å². The Balaban J connectivity index is 2.22. The van der Waals surface area contributed by atoms with Gasteiger partial charge in [0.05, 0.1) is 21.9 Å². The van der Waals surface area contributed by atoms with Gasteiger partial charge in [-0.25, -0.2) is 4.39 Å². The lowest BCUT2D eigenvalue weighted by molar-refractivity contribution is 0.621. The number of tetrazole rings is 1. The smallest absolute Gasteiger partial charge is 0.196 e. The third-order valence-electron chi connectivity index (χ3n) is 2.21. The number of aromatic nitrogens is 4. The molecule has 2 rings (SSSR count). The molecule has 8 heteroatoms. The first-order valence-electron chi connectivity index (χ1n) is 4.82. The van der Waals surface area contributed by atoms with Gasteiger partial charge in [0.25, 0.3) is 0 Å². The van der Waals surface area contributed by atoms with Crippen molar-refractivity contribution in [3.8, 4) is 0 Å². The SMILES string of the molecule is CC(Nc1cc(F)c(Br)cc1N)c1nn[nH]n1. The van der Waals surface area contributed by atoms with E-state index in [9.17, 15) is 4.39 Å². The van der Waals surface area contributed by atoms with Gasteiger partial charge in [-0.05, 0) is 28.9 Å². The number of nitrogen functional groups attached to an aromatic ring is 1. The highest BCUT2D eigenvalue weighted by Crippen LogP contribution is 2.28. The zero-order chi connectivity index (χ0) is 12.4. The maximum atomic E-state index is 13.4. The third-order valence-corrected chi connectivity index (χ3v) is 2.82. The maximum Gasteiger partial charge on any atom is 0.196 e. The van der Waals surface area contributed by atoms with E-state index in [-0.39, 0.29) is 11.9 Å². The Labute approximate surface area is 105 Å². The highest BCUT2D eigenvalue weighted by Gasteiger charge is 2.13. The second-order valence-corrected chi connectivity index (χ2v) is 4.34. The first-order chi connectivity index (χ1) is 8.08. The van der Waals surface area contributed by atoms with E-state index in [0.29, 0.717) is 21.7 Å². The molecule has 17 heavy (non-hydrogen) atoms. The van der Waals surface area contributed by atoms with Gasteiger partial charge in [-0.2, -0.15) is 5.21 Å². The summed E-state index contributed by atoms with van der Waals surface area (Å²) < 4.78 is 13.7. The molecule has 1 heterocycles. The number of benzene rings is 1. The van der Waals surface area contributed by atoms with E-state index < -0.39 is 0 Å². The van der Waals surface area contributed by atoms with Gasteiger partial charge in [-0.15, -0.1) is 10.2 Å². The largest absolute Gasteiger partial charge is 0.397 e. The summed E-state index contributed by atoms with van der Waals surface area (Å²) in [7, 11) is 0. The third kappa shape index (κ3) is 2.52. The van der Waals surface area contributed by atoms with Crippen LogP contribution >= 0.6 is 15.9 Å². The Morgan fingerprint density at radius 1 is 1.53 bits per heavy atom.